The minimum Gasteiger partial charge on any atom is -0.405 e. The summed E-state index contributed by atoms with van der Waals surface area (Å²) in [7, 11) is 4.08. The van der Waals surface area contributed by atoms with Crippen LogP contribution in [0.4, 0.5) is 20.3 Å². The molecule has 0 aliphatic carbocycles. The van der Waals surface area contributed by atoms with E-state index in [9.17, 15) is 8.78 Å². The number of halogens is 2. The summed E-state index contributed by atoms with van der Waals surface area (Å²) in [6.45, 7) is 6.32. The number of hydrogen-bond acceptors (Lipinski definition) is 8. The number of nitrogen functional groups attached to an aromatic ring is 1. The van der Waals surface area contributed by atoms with E-state index >= 15 is 0 Å². The molecule has 8 nitrogen and oxygen atoms in total. The highest BCUT2D eigenvalue weighted by Crippen LogP contribution is 2.30. The third-order valence-corrected chi connectivity index (χ3v) is 6.47. The van der Waals surface area contributed by atoms with E-state index in [2.05, 4.69) is 61.0 Å². The van der Waals surface area contributed by atoms with Crippen molar-refractivity contribution < 1.29 is 8.78 Å². The molecule has 0 saturated carbocycles. The van der Waals surface area contributed by atoms with Crippen molar-refractivity contribution in [2.24, 2.45) is 11.6 Å². The van der Waals surface area contributed by atoms with E-state index in [4.69, 9.17) is 5.84 Å². The Morgan fingerprint density at radius 3 is 2.44 bits per heavy atom. The summed E-state index contributed by atoms with van der Waals surface area (Å²) in [5, 5.41) is 3.33. The molecule has 0 spiro atoms. The lowest BCUT2D eigenvalue weighted by Crippen LogP contribution is -2.38. The molecular formula is C29H40F2N8. The molecule has 0 unspecified atom stereocenters. The van der Waals surface area contributed by atoms with Gasteiger partial charge in [-0.2, -0.15) is 0 Å². The van der Waals surface area contributed by atoms with Gasteiger partial charge in [0.15, 0.2) is 0 Å². The van der Waals surface area contributed by atoms with E-state index in [0.29, 0.717) is 26.1 Å². The maximum absolute atomic E-state index is 13.5. The zero-order chi connectivity index (χ0) is 28.3. The van der Waals surface area contributed by atoms with Crippen LogP contribution in [0.25, 0.3) is 11.1 Å². The number of hydrazine groups is 1. The maximum atomic E-state index is 13.5. The zero-order valence-electron chi connectivity index (χ0n) is 22.8. The molecule has 2 aromatic heterocycles. The first kappa shape index (κ1) is 29.9. The van der Waals surface area contributed by atoms with Crippen LogP contribution in [-0.2, 0) is 13.0 Å². The second-order valence-electron chi connectivity index (χ2n) is 9.92. The van der Waals surface area contributed by atoms with Crippen molar-refractivity contribution in [3.63, 3.8) is 0 Å². The minimum atomic E-state index is -2.54. The molecule has 0 bridgehead atoms. The number of likely N-dealkylation sites (N-methyl/N-ethyl adjacent to an activating group) is 1. The van der Waals surface area contributed by atoms with Crippen LogP contribution in [0.2, 0.25) is 0 Å². The lowest BCUT2D eigenvalue weighted by Gasteiger charge is -2.31. The van der Waals surface area contributed by atoms with E-state index in [0.717, 1.165) is 52.4 Å². The Balaban J connectivity index is 0.00000134. The molecule has 1 aromatic carbocycles. The topological polar surface area (TPSA) is 108 Å². The molecule has 3 heterocycles. The van der Waals surface area contributed by atoms with Crippen molar-refractivity contribution in [1.82, 2.24) is 19.8 Å². The molecule has 39 heavy (non-hydrogen) atoms. The van der Waals surface area contributed by atoms with Crippen LogP contribution in [-0.4, -0.2) is 66.0 Å². The van der Waals surface area contributed by atoms with Crippen molar-refractivity contribution in [2.45, 2.75) is 31.7 Å². The molecule has 1 fully saturated rings. The molecule has 10 heteroatoms. The van der Waals surface area contributed by atoms with Crippen LogP contribution in [0.5, 0.6) is 0 Å². The summed E-state index contributed by atoms with van der Waals surface area (Å²) in [5.74, 6) is 4.11. The van der Waals surface area contributed by atoms with Crippen molar-refractivity contribution in [3.8, 4) is 11.1 Å². The monoisotopic (exact) mass is 538 g/mol. The van der Waals surface area contributed by atoms with Crippen molar-refractivity contribution in [2.75, 3.05) is 51.0 Å². The molecule has 1 aliphatic rings. The van der Waals surface area contributed by atoms with Crippen LogP contribution >= 0.6 is 0 Å². The third-order valence-electron chi connectivity index (χ3n) is 6.47. The Bertz CT molecular complexity index is 1170. The molecule has 3 aromatic rings. The molecule has 4 rings (SSSR count). The fourth-order valence-corrected chi connectivity index (χ4v) is 4.35. The van der Waals surface area contributed by atoms with Gasteiger partial charge in [0.25, 0.3) is 5.92 Å². The molecule has 0 radical (unpaired) electrons. The second kappa shape index (κ2) is 14.5. The van der Waals surface area contributed by atoms with Gasteiger partial charge >= 0.3 is 0 Å². The quantitative estimate of drug-likeness (QED) is 0.223. The summed E-state index contributed by atoms with van der Waals surface area (Å²) in [5.41, 5.74) is 13.4. The summed E-state index contributed by atoms with van der Waals surface area (Å²) >= 11 is 0. The average molecular weight is 539 g/mol. The first-order valence-corrected chi connectivity index (χ1v) is 13.0. The minimum absolute atomic E-state index is 0.0843. The van der Waals surface area contributed by atoms with E-state index < -0.39 is 5.92 Å². The predicted octanol–water partition coefficient (Wildman–Crippen LogP) is 4.31. The third kappa shape index (κ3) is 9.58. The molecule has 0 atom stereocenters. The summed E-state index contributed by atoms with van der Waals surface area (Å²) in [6.07, 6.45) is 7.28. The highest BCUT2D eigenvalue weighted by atomic mass is 19.3. The number of rotatable bonds is 10. The first-order valence-electron chi connectivity index (χ1n) is 13.0. The van der Waals surface area contributed by atoms with Gasteiger partial charge in [0.1, 0.15) is 5.82 Å². The van der Waals surface area contributed by atoms with Gasteiger partial charge < -0.3 is 21.4 Å². The number of aromatic nitrogens is 2. The Morgan fingerprint density at radius 1 is 1.05 bits per heavy atom. The number of piperidine rings is 1. The molecule has 1 aliphatic heterocycles. The second-order valence-corrected chi connectivity index (χ2v) is 9.92. The van der Waals surface area contributed by atoms with Gasteiger partial charge in [-0.3, -0.25) is 15.7 Å². The van der Waals surface area contributed by atoms with E-state index in [1.54, 1.807) is 0 Å². The highest BCUT2D eigenvalue weighted by molar-refractivity contribution is 5.68. The smallest absolute Gasteiger partial charge is 0.250 e. The first-order chi connectivity index (χ1) is 18.7. The Morgan fingerprint density at radius 2 is 1.79 bits per heavy atom. The number of anilines is 2. The van der Waals surface area contributed by atoms with Crippen molar-refractivity contribution in [1.29, 1.82) is 0 Å². The number of pyridine rings is 2. The lowest BCUT2D eigenvalue weighted by atomic mass is 9.98. The average Bonchev–Trinajstić information content (AvgIpc) is 2.91. The summed E-state index contributed by atoms with van der Waals surface area (Å²) in [6, 6.07) is 12.2. The number of nitrogens with one attached hydrogen (secondary N) is 2. The van der Waals surface area contributed by atoms with Crippen LogP contribution in [0, 0.1) is 0 Å². The molecule has 0 amide bonds. The van der Waals surface area contributed by atoms with Crippen molar-refractivity contribution >= 4 is 11.5 Å². The van der Waals surface area contributed by atoms with Crippen molar-refractivity contribution in [3.05, 3.63) is 84.5 Å². The summed E-state index contributed by atoms with van der Waals surface area (Å²) < 4.78 is 27.0. The van der Waals surface area contributed by atoms with E-state index in [1.807, 2.05) is 50.9 Å². The molecular weight excluding hydrogens is 498 g/mol. The van der Waals surface area contributed by atoms with Gasteiger partial charge in [-0.1, -0.05) is 18.7 Å². The van der Waals surface area contributed by atoms with Crippen LogP contribution in [0.15, 0.2) is 67.8 Å². The van der Waals surface area contributed by atoms with E-state index in [1.165, 1.54) is 6.20 Å². The van der Waals surface area contributed by atoms with Gasteiger partial charge in [-0.05, 0) is 66.8 Å². The Kier molecular flexibility index (Phi) is 11.2. The van der Waals surface area contributed by atoms with Gasteiger partial charge in [0.2, 0.25) is 0 Å². The molecule has 6 N–H and O–H groups in total. The lowest BCUT2D eigenvalue weighted by molar-refractivity contribution is -0.0566. The number of benzene rings is 1. The Labute approximate surface area is 230 Å². The van der Waals surface area contributed by atoms with Crippen LogP contribution in [0.1, 0.15) is 29.5 Å². The molecule has 1 saturated heterocycles. The number of alkyl halides is 2. The summed E-state index contributed by atoms with van der Waals surface area (Å²) in [4.78, 5) is 13.1. The Hall–Kier alpha value is -3.60. The molecule has 210 valence electrons. The van der Waals surface area contributed by atoms with E-state index in [-0.39, 0.29) is 12.8 Å². The largest absolute Gasteiger partial charge is 0.405 e. The van der Waals surface area contributed by atoms with Crippen LogP contribution in [0.3, 0.4) is 0 Å². The van der Waals surface area contributed by atoms with Crippen LogP contribution < -0.4 is 22.3 Å². The highest BCUT2D eigenvalue weighted by Gasteiger charge is 2.33. The number of likely N-dealkylation sites (tertiary alicyclic amines) is 1. The zero-order valence-corrected chi connectivity index (χ0v) is 22.8. The number of nitrogens with zero attached hydrogens (tertiary/aromatic N) is 4. The number of hydrogen-bond donors (Lipinski definition) is 4. The van der Waals surface area contributed by atoms with Gasteiger partial charge in [0.05, 0.1) is 5.69 Å². The maximum Gasteiger partial charge on any atom is 0.250 e. The van der Waals surface area contributed by atoms with Gasteiger partial charge in [-0.25, -0.2) is 13.8 Å². The fraction of sp³-hybridized carbons (Fsp3) is 0.379. The standard InChI is InChI=1S/C27H35F2N7.C2H5N/c1-35(2)12-9-32-26-6-3-20(17-33-26)13-23-15-22(4-5-25(23)34-30)24-14-21(16-31-18-24)19-36-10-7-27(28,29)8-11-36;1-2-3/h3-6,14-18,34H,7-13,19,30H2,1-2H3,(H,32,33);2H,1,3H2. The normalized spacial score (nSPS) is 14.8. The van der Waals surface area contributed by atoms with Gasteiger partial charge in [0, 0.05) is 76.1 Å². The predicted molar refractivity (Wildman–Crippen MR) is 155 cm³/mol. The fourth-order valence-electron chi connectivity index (χ4n) is 4.35. The van der Waals surface area contributed by atoms with Gasteiger partial charge in [-0.15, -0.1) is 0 Å². The SMILES string of the molecule is C=CN.CN(C)CCNc1ccc(Cc2cc(-c3cncc(CN4CCC(F)(F)CC4)c3)ccc2NN)cn1. The number of nitrogens with two attached hydrogens (primary N) is 2.